The maximum Gasteiger partial charge on any atom is 0.389 e. The number of nitrogens with one attached hydrogen (secondary N) is 2. The van der Waals surface area contributed by atoms with Crippen LogP contribution >= 0.6 is 11.6 Å². The van der Waals surface area contributed by atoms with E-state index in [0.717, 1.165) is 30.8 Å². The first kappa shape index (κ1) is 17.3. The van der Waals surface area contributed by atoms with Crippen molar-refractivity contribution in [2.75, 3.05) is 6.54 Å². The van der Waals surface area contributed by atoms with Crippen LogP contribution in [0.25, 0.3) is 0 Å². The van der Waals surface area contributed by atoms with Crippen LogP contribution in [0.5, 0.6) is 0 Å². The van der Waals surface area contributed by atoms with Crippen LogP contribution < -0.4 is 5.32 Å². The maximum absolute atomic E-state index is 11.9. The smallest absolute Gasteiger partial charge is 0.344 e. The molecule has 1 rings (SSSR count). The summed E-state index contributed by atoms with van der Waals surface area (Å²) in [5, 5.41) is 3.52. The monoisotopic (exact) mass is 311 g/mol. The van der Waals surface area contributed by atoms with Crippen LogP contribution in [0.1, 0.15) is 50.5 Å². The largest absolute Gasteiger partial charge is 0.389 e. The van der Waals surface area contributed by atoms with Crippen molar-refractivity contribution in [1.29, 1.82) is 0 Å². The van der Waals surface area contributed by atoms with Gasteiger partial charge in [0.15, 0.2) is 5.15 Å². The van der Waals surface area contributed by atoms with Crippen LogP contribution in [0.3, 0.4) is 0 Å². The van der Waals surface area contributed by atoms with Crippen LogP contribution in [0, 0.1) is 0 Å². The lowest BCUT2D eigenvalue weighted by atomic mass is 10.2. The van der Waals surface area contributed by atoms with Crippen LogP contribution in [-0.2, 0) is 13.0 Å². The van der Waals surface area contributed by atoms with Crippen LogP contribution in [-0.4, -0.2) is 22.7 Å². The third-order valence-corrected chi connectivity index (χ3v) is 3.22. The predicted octanol–water partition coefficient (Wildman–Crippen LogP) is 4.23. The number of aromatic amines is 1. The highest BCUT2D eigenvalue weighted by Gasteiger charge is 2.25. The molecule has 1 heterocycles. The normalized spacial score (nSPS) is 12.1. The average molecular weight is 312 g/mol. The molecule has 1 aromatic heterocycles. The second kappa shape index (κ2) is 8.52. The number of hydrogen-bond acceptors (Lipinski definition) is 2. The van der Waals surface area contributed by atoms with Gasteiger partial charge in [0.25, 0.3) is 0 Å². The van der Waals surface area contributed by atoms with E-state index in [1.54, 1.807) is 0 Å². The van der Waals surface area contributed by atoms with Gasteiger partial charge in [-0.15, -0.1) is 0 Å². The molecule has 0 unspecified atom stereocenters. The Labute approximate surface area is 122 Å². The Morgan fingerprint density at radius 2 is 2.00 bits per heavy atom. The second-order valence-electron chi connectivity index (χ2n) is 4.81. The van der Waals surface area contributed by atoms with E-state index in [9.17, 15) is 13.2 Å². The number of nitrogens with zero attached hydrogens (tertiary/aromatic N) is 1. The van der Waals surface area contributed by atoms with E-state index in [4.69, 9.17) is 11.6 Å². The molecule has 116 valence electrons. The number of aryl methyl sites for hydroxylation is 1. The molecule has 0 aromatic carbocycles. The van der Waals surface area contributed by atoms with Crippen LogP contribution in [0.15, 0.2) is 0 Å². The number of halogens is 4. The van der Waals surface area contributed by atoms with Crippen molar-refractivity contribution >= 4 is 11.6 Å². The number of alkyl halides is 3. The van der Waals surface area contributed by atoms with E-state index in [-0.39, 0.29) is 6.42 Å². The molecule has 0 bridgehead atoms. The van der Waals surface area contributed by atoms with E-state index in [0.29, 0.717) is 24.7 Å². The fourth-order valence-corrected chi connectivity index (χ4v) is 2.02. The average Bonchev–Trinajstić information content (AvgIpc) is 2.70. The molecule has 2 N–H and O–H groups in total. The molecule has 0 radical (unpaired) electrons. The van der Waals surface area contributed by atoms with Crippen molar-refractivity contribution in [3.05, 3.63) is 16.7 Å². The summed E-state index contributed by atoms with van der Waals surface area (Å²) in [6.07, 6.45) is -1.13. The summed E-state index contributed by atoms with van der Waals surface area (Å²) in [5.41, 5.74) is 0.800. The lowest BCUT2D eigenvalue weighted by Gasteiger charge is -2.06. The molecule has 1 aromatic rings. The summed E-state index contributed by atoms with van der Waals surface area (Å²) >= 11 is 5.99. The minimum absolute atomic E-state index is 0.148. The molecule has 0 saturated carbocycles. The van der Waals surface area contributed by atoms with Gasteiger partial charge in [0, 0.05) is 19.4 Å². The summed E-state index contributed by atoms with van der Waals surface area (Å²) in [6.45, 7) is 3.15. The highest BCUT2D eigenvalue weighted by molar-refractivity contribution is 6.30. The van der Waals surface area contributed by atoms with Gasteiger partial charge in [-0.3, -0.25) is 0 Å². The summed E-state index contributed by atoms with van der Waals surface area (Å²) in [7, 11) is 0. The minimum Gasteiger partial charge on any atom is -0.344 e. The van der Waals surface area contributed by atoms with Gasteiger partial charge < -0.3 is 10.3 Å². The van der Waals surface area contributed by atoms with Crippen LogP contribution in [0.4, 0.5) is 13.2 Å². The van der Waals surface area contributed by atoms with Crippen molar-refractivity contribution in [2.24, 2.45) is 0 Å². The molecule has 0 aliphatic heterocycles. The minimum atomic E-state index is -4.05. The van der Waals surface area contributed by atoms with E-state index < -0.39 is 12.6 Å². The SMILES string of the molecule is CCCCc1nc(Cl)c(CNCCCCC(F)(F)F)[nH]1. The summed E-state index contributed by atoms with van der Waals surface area (Å²) in [6, 6.07) is 0. The zero-order chi connectivity index (χ0) is 15.0. The molecule has 0 spiro atoms. The molecule has 7 heteroatoms. The van der Waals surface area contributed by atoms with E-state index in [1.807, 2.05) is 0 Å². The predicted molar refractivity (Wildman–Crippen MR) is 73.8 cm³/mol. The fourth-order valence-electron chi connectivity index (χ4n) is 1.81. The van der Waals surface area contributed by atoms with Crippen molar-refractivity contribution in [1.82, 2.24) is 15.3 Å². The molecule has 0 fully saturated rings. The van der Waals surface area contributed by atoms with Crippen molar-refractivity contribution in [2.45, 2.75) is 58.2 Å². The highest BCUT2D eigenvalue weighted by atomic mass is 35.5. The standard InChI is InChI=1S/C13H21ClF3N3/c1-2-3-6-11-19-10(12(14)20-11)9-18-8-5-4-7-13(15,16)17/h18H,2-9H2,1H3,(H,19,20). The molecule has 0 aliphatic rings. The van der Waals surface area contributed by atoms with Crippen LogP contribution in [0.2, 0.25) is 5.15 Å². The first-order valence-corrected chi connectivity index (χ1v) is 7.31. The first-order valence-electron chi connectivity index (χ1n) is 6.93. The Bertz CT molecular complexity index is 391. The third-order valence-electron chi connectivity index (χ3n) is 2.91. The maximum atomic E-state index is 11.9. The second-order valence-corrected chi connectivity index (χ2v) is 5.16. The molecular formula is C13H21ClF3N3. The van der Waals surface area contributed by atoms with E-state index >= 15 is 0 Å². The Kier molecular flexibility index (Phi) is 7.37. The number of rotatable bonds is 9. The van der Waals surface area contributed by atoms with Gasteiger partial charge in [0.1, 0.15) is 5.82 Å². The van der Waals surface area contributed by atoms with Gasteiger partial charge in [-0.1, -0.05) is 24.9 Å². The van der Waals surface area contributed by atoms with Crippen molar-refractivity contribution in [3.63, 3.8) is 0 Å². The van der Waals surface area contributed by atoms with Gasteiger partial charge in [-0.25, -0.2) is 4.98 Å². The first-order chi connectivity index (χ1) is 9.42. The highest BCUT2D eigenvalue weighted by Crippen LogP contribution is 2.21. The quantitative estimate of drug-likeness (QED) is 0.670. The molecule has 20 heavy (non-hydrogen) atoms. The Hall–Kier alpha value is -0.750. The van der Waals surface area contributed by atoms with Gasteiger partial charge >= 0.3 is 6.18 Å². The molecule has 0 amide bonds. The van der Waals surface area contributed by atoms with Crippen molar-refractivity contribution < 1.29 is 13.2 Å². The molecular weight excluding hydrogens is 291 g/mol. The van der Waals surface area contributed by atoms with E-state index in [2.05, 4.69) is 22.2 Å². The Balaban J connectivity index is 2.20. The molecule has 0 aliphatic carbocycles. The summed E-state index contributed by atoms with van der Waals surface area (Å²) in [5.74, 6) is 0.866. The third kappa shape index (κ3) is 7.14. The topological polar surface area (TPSA) is 40.7 Å². The lowest BCUT2D eigenvalue weighted by molar-refractivity contribution is -0.135. The van der Waals surface area contributed by atoms with E-state index in [1.165, 1.54) is 0 Å². The Morgan fingerprint density at radius 3 is 2.65 bits per heavy atom. The number of imidazole rings is 1. The summed E-state index contributed by atoms with van der Waals surface area (Å²) in [4.78, 5) is 7.36. The number of aromatic nitrogens is 2. The number of unbranched alkanes of at least 4 members (excludes halogenated alkanes) is 2. The lowest BCUT2D eigenvalue weighted by Crippen LogP contribution is -2.16. The molecule has 3 nitrogen and oxygen atoms in total. The fraction of sp³-hybridized carbons (Fsp3) is 0.769. The van der Waals surface area contributed by atoms with Gasteiger partial charge in [-0.2, -0.15) is 13.2 Å². The van der Waals surface area contributed by atoms with Crippen molar-refractivity contribution in [3.8, 4) is 0 Å². The molecule has 0 atom stereocenters. The molecule has 0 saturated heterocycles. The van der Waals surface area contributed by atoms with Gasteiger partial charge in [0.2, 0.25) is 0 Å². The zero-order valence-corrected chi connectivity index (χ0v) is 12.4. The zero-order valence-electron chi connectivity index (χ0n) is 11.6. The number of hydrogen-bond donors (Lipinski definition) is 2. The van der Waals surface area contributed by atoms with Gasteiger partial charge in [-0.05, 0) is 25.8 Å². The number of H-pyrrole nitrogens is 1. The van der Waals surface area contributed by atoms with Gasteiger partial charge in [0.05, 0.1) is 5.69 Å². The summed E-state index contributed by atoms with van der Waals surface area (Å²) < 4.78 is 35.8. The Morgan fingerprint density at radius 1 is 1.25 bits per heavy atom.